The monoisotopic (exact) mass is 293 g/mol. The molecule has 0 saturated heterocycles. The Morgan fingerprint density at radius 2 is 2.26 bits per heavy atom. The molecular formula is C15H16ClNOS. The highest BCUT2D eigenvalue weighted by atomic mass is 35.5. The average molecular weight is 294 g/mol. The van der Waals surface area contributed by atoms with Crippen molar-refractivity contribution in [1.29, 1.82) is 0 Å². The second-order valence-electron chi connectivity index (χ2n) is 4.82. The summed E-state index contributed by atoms with van der Waals surface area (Å²) < 4.78 is 5.51. The van der Waals surface area contributed by atoms with Gasteiger partial charge in [0.25, 0.3) is 0 Å². The molecule has 19 heavy (non-hydrogen) atoms. The van der Waals surface area contributed by atoms with E-state index in [1.165, 1.54) is 11.1 Å². The van der Waals surface area contributed by atoms with Crippen LogP contribution in [-0.4, -0.2) is 6.61 Å². The molecule has 1 aromatic heterocycles. The van der Waals surface area contributed by atoms with E-state index >= 15 is 0 Å². The van der Waals surface area contributed by atoms with Crippen molar-refractivity contribution in [2.75, 3.05) is 6.61 Å². The van der Waals surface area contributed by atoms with Gasteiger partial charge in [-0.15, -0.1) is 11.3 Å². The van der Waals surface area contributed by atoms with E-state index in [0.717, 1.165) is 41.5 Å². The van der Waals surface area contributed by atoms with Gasteiger partial charge in [0, 0.05) is 17.3 Å². The smallest absolute Gasteiger partial charge is 0.122 e. The maximum atomic E-state index is 6.20. The summed E-state index contributed by atoms with van der Waals surface area (Å²) in [6.45, 7) is 0.809. The lowest BCUT2D eigenvalue weighted by atomic mass is 10.0. The van der Waals surface area contributed by atoms with Crippen LogP contribution in [-0.2, 0) is 12.8 Å². The van der Waals surface area contributed by atoms with Gasteiger partial charge in [-0.05, 0) is 41.5 Å². The minimum Gasteiger partial charge on any atom is -0.493 e. The first-order valence-electron chi connectivity index (χ1n) is 6.47. The number of hydrogen-bond donors (Lipinski definition) is 1. The molecule has 4 heteroatoms. The number of nitrogens with two attached hydrogens (primary N) is 1. The van der Waals surface area contributed by atoms with Crippen molar-refractivity contribution in [1.82, 2.24) is 0 Å². The van der Waals surface area contributed by atoms with E-state index < -0.39 is 0 Å². The summed E-state index contributed by atoms with van der Waals surface area (Å²) in [6, 6.07) is 8.38. The van der Waals surface area contributed by atoms with Crippen molar-refractivity contribution < 1.29 is 4.74 Å². The van der Waals surface area contributed by atoms with Crippen LogP contribution in [0.15, 0.2) is 29.6 Å². The minimum atomic E-state index is 0.0250. The van der Waals surface area contributed by atoms with Gasteiger partial charge in [0.15, 0.2) is 0 Å². The maximum Gasteiger partial charge on any atom is 0.122 e. The van der Waals surface area contributed by atoms with E-state index in [1.54, 1.807) is 11.3 Å². The molecule has 0 saturated carbocycles. The Morgan fingerprint density at radius 3 is 3.05 bits per heavy atom. The number of fused-ring (bicyclic) bond motifs is 1. The van der Waals surface area contributed by atoms with Gasteiger partial charge in [-0.3, -0.25) is 0 Å². The second kappa shape index (κ2) is 5.53. The third kappa shape index (κ3) is 2.78. The fraction of sp³-hybridized carbons (Fsp3) is 0.333. The summed E-state index contributed by atoms with van der Waals surface area (Å²) >= 11 is 7.74. The SMILES string of the molecule is NC(CCc1ccc2c(c1)CCO2)c1sccc1Cl. The number of halogens is 1. The Bertz CT molecular complexity index is 581. The zero-order valence-corrected chi connectivity index (χ0v) is 12.1. The normalized spacial score (nSPS) is 15.1. The Morgan fingerprint density at radius 1 is 1.37 bits per heavy atom. The van der Waals surface area contributed by atoms with Gasteiger partial charge in [-0.1, -0.05) is 23.7 Å². The molecule has 2 nitrogen and oxygen atoms in total. The second-order valence-corrected chi connectivity index (χ2v) is 6.17. The quantitative estimate of drug-likeness (QED) is 0.926. The van der Waals surface area contributed by atoms with Gasteiger partial charge in [-0.25, -0.2) is 0 Å². The van der Waals surface area contributed by atoms with Crippen LogP contribution in [0, 0.1) is 0 Å². The van der Waals surface area contributed by atoms with Crippen molar-refractivity contribution in [3.8, 4) is 5.75 Å². The molecule has 2 heterocycles. The number of rotatable bonds is 4. The lowest BCUT2D eigenvalue weighted by Gasteiger charge is -2.11. The van der Waals surface area contributed by atoms with Crippen LogP contribution in [0.1, 0.15) is 28.5 Å². The number of ether oxygens (including phenoxy) is 1. The van der Waals surface area contributed by atoms with Gasteiger partial charge in [0.2, 0.25) is 0 Å². The highest BCUT2D eigenvalue weighted by Crippen LogP contribution is 2.31. The van der Waals surface area contributed by atoms with Crippen LogP contribution in [0.2, 0.25) is 5.02 Å². The molecule has 0 radical (unpaired) electrons. The molecule has 2 N–H and O–H groups in total. The fourth-order valence-corrected chi connectivity index (χ4v) is 3.65. The van der Waals surface area contributed by atoms with E-state index in [0.29, 0.717) is 0 Å². The van der Waals surface area contributed by atoms with Crippen molar-refractivity contribution in [2.45, 2.75) is 25.3 Å². The summed E-state index contributed by atoms with van der Waals surface area (Å²) in [7, 11) is 0. The van der Waals surface area contributed by atoms with Gasteiger partial charge in [0.1, 0.15) is 5.75 Å². The molecule has 1 aliphatic rings. The molecule has 1 atom stereocenters. The summed E-state index contributed by atoms with van der Waals surface area (Å²) in [5.74, 6) is 1.04. The topological polar surface area (TPSA) is 35.2 Å². The van der Waals surface area contributed by atoms with Crippen LogP contribution in [0.5, 0.6) is 5.75 Å². The molecule has 0 fully saturated rings. The van der Waals surface area contributed by atoms with Gasteiger partial charge in [0.05, 0.1) is 11.6 Å². The third-order valence-corrected chi connectivity index (χ3v) is 4.97. The van der Waals surface area contributed by atoms with Gasteiger partial charge < -0.3 is 10.5 Å². The molecule has 0 spiro atoms. The molecule has 1 unspecified atom stereocenters. The van der Waals surface area contributed by atoms with Gasteiger partial charge in [-0.2, -0.15) is 0 Å². The Kier molecular flexibility index (Phi) is 3.78. The first-order chi connectivity index (χ1) is 9.24. The zero-order chi connectivity index (χ0) is 13.2. The molecule has 0 amide bonds. The van der Waals surface area contributed by atoms with Crippen molar-refractivity contribution in [3.63, 3.8) is 0 Å². The van der Waals surface area contributed by atoms with Crippen molar-refractivity contribution >= 4 is 22.9 Å². The first kappa shape index (κ1) is 13.0. The molecule has 1 aromatic carbocycles. The number of thiophene rings is 1. The third-order valence-electron chi connectivity index (χ3n) is 3.48. The highest BCUT2D eigenvalue weighted by molar-refractivity contribution is 7.10. The summed E-state index contributed by atoms with van der Waals surface area (Å²) in [5.41, 5.74) is 8.85. The first-order valence-corrected chi connectivity index (χ1v) is 7.73. The van der Waals surface area contributed by atoms with Crippen molar-refractivity contribution in [2.24, 2.45) is 5.73 Å². The lowest BCUT2D eigenvalue weighted by molar-refractivity contribution is 0.357. The highest BCUT2D eigenvalue weighted by Gasteiger charge is 2.14. The largest absolute Gasteiger partial charge is 0.493 e. The Balaban J connectivity index is 1.65. The number of aryl methyl sites for hydroxylation is 1. The number of benzene rings is 1. The van der Waals surface area contributed by atoms with Crippen LogP contribution in [0.25, 0.3) is 0 Å². The van der Waals surface area contributed by atoms with Crippen LogP contribution < -0.4 is 10.5 Å². The molecule has 100 valence electrons. The minimum absolute atomic E-state index is 0.0250. The standard InChI is InChI=1S/C15H16ClNOS/c16-12-6-8-19-15(12)13(17)3-1-10-2-4-14-11(9-10)5-7-18-14/h2,4,6,8-9,13H,1,3,5,7,17H2. The van der Waals surface area contributed by atoms with E-state index in [-0.39, 0.29) is 6.04 Å². The van der Waals surface area contributed by atoms with Gasteiger partial charge >= 0.3 is 0 Å². The average Bonchev–Trinajstić information content (AvgIpc) is 3.03. The number of hydrogen-bond acceptors (Lipinski definition) is 3. The Labute approximate surface area is 122 Å². The van der Waals surface area contributed by atoms with E-state index in [1.807, 2.05) is 11.4 Å². The predicted molar refractivity (Wildman–Crippen MR) is 80.2 cm³/mol. The molecule has 2 aromatic rings. The molecule has 0 aliphatic carbocycles. The summed E-state index contributed by atoms with van der Waals surface area (Å²) in [5, 5.41) is 2.78. The van der Waals surface area contributed by atoms with E-state index in [9.17, 15) is 0 Å². The fourth-order valence-electron chi connectivity index (χ4n) is 2.42. The predicted octanol–water partition coefficient (Wildman–Crippen LogP) is 3.97. The summed E-state index contributed by atoms with van der Waals surface area (Å²) in [6.07, 6.45) is 2.91. The van der Waals surface area contributed by atoms with Crippen molar-refractivity contribution in [3.05, 3.63) is 50.7 Å². The molecule has 0 bridgehead atoms. The maximum absolute atomic E-state index is 6.20. The van der Waals surface area contributed by atoms with E-state index in [4.69, 9.17) is 22.1 Å². The molecule has 1 aliphatic heterocycles. The van der Waals surface area contributed by atoms with E-state index in [2.05, 4.69) is 18.2 Å². The van der Waals surface area contributed by atoms with Crippen LogP contribution >= 0.6 is 22.9 Å². The lowest BCUT2D eigenvalue weighted by Crippen LogP contribution is -2.10. The Hall–Kier alpha value is -1.03. The van der Waals surface area contributed by atoms with Crippen LogP contribution in [0.4, 0.5) is 0 Å². The summed E-state index contributed by atoms with van der Waals surface area (Å²) in [4.78, 5) is 1.09. The van der Waals surface area contributed by atoms with Crippen LogP contribution in [0.3, 0.4) is 0 Å². The molecule has 3 rings (SSSR count). The molecular weight excluding hydrogens is 278 g/mol. The zero-order valence-electron chi connectivity index (χ0n) is 10.6.